The number of rotatable bonds is 3. The third kappa shape index (κ3) is 2.64. The average Bonchev–Trinajstić information content (AvgIpc) is 2.31. The molecule has 12 heavy (non-hydrogen) atoms. The van der Waals surface area contributed by atoms with E-state index in [1.54, 1.807) is 0 Å². The van der Waals surface area contributed by atoms with Crippen LogP contribution in [0.4, 0.5) is 0 Å². The quantitative estimate of drug-likeness (QED) is 0.652. The molecule has 0 aromatic heterocycles. The zero-order valence-electron chi connectivity index (χ0n) is 8.58. The number of thioether (sulfide) groups is 1. The lowest BCUT2D eigenvalue weighted by atomic mass is 10.2. The van der Waals surface area contributed by atoms with E-state index >= 15 is 0 Å². The average molecular weight is 188 g/mol. The molecule has 72 valence electrons. The van der Waals surface area contributed by atoms with Gasteiger partial charge < -0.3 is 9.80 Å². The van der Waals surface area contributed by atoms with Gasteiger partial charge in [-0.1, -0.05) is 0 Å². The normalized spacial score (nSPS) is 31.8. The molecule has 1 saturated heterocycles. The minimum atomic E-state index is 0.775. The molecule has 2 unspecified atom stereocenters. The van der Waals surface area contributed by atoms with E-state index in [9.17, 15) is 0 Å². The van der Waals surface area contributed by atoms with Crippen LogP contribution in [-0.4, -0.2) is 61.6 Å². The van der Waals surface area contributed by atoms with Gasteiger partial charge in [0.1, 0.15) is 0 Å². The van der Waals surface area contributed by atoms with Crippen molar-refractivity contribution in [1.82, 2.24) is 9.80 Å². The molecule has 0 saturated carbocycles. The lowest BCUT2D eigenvalue weighted by Gasteiger charge is -2.22. The smallest absolute Gasteiger partial charge is 0.0231 e. The molecule has 0 radical (unpaired) electrons. The molecule has 0 bridgehead atoms. The van der Waals surface area contributed by atoms with Crippen LogP contribution in [0.15, 0.2) is 0 Å². The van der Waals surface area contributed by atoms with E-state index in [-0.39, 0.29) is 0 Å². The van der Waals surface area contributed by atoms with Crippen molar-refractivity contribution in [2.45, 2.75) is 17.7 Å². The minimum absolute atomic E-state index is 0.775. The molecule has 3 heteroatoms. The second kappa shape index (κ2) is 4.49. The van der Waals surface area contributed by atoms with Gasteiger partial charge in [0.05, 0.1) is 0 Å². The van der Waals surface area contributed by atoms with Crippen LogP contribution in [0.3, 0.4) is 0 Å². The Labute approximate surface area is 80.3 Å². The van der Waals surface area contributed by atoms with Crippen LogP contribution in [-0.2, 0) is 0 Å². The van der Waals surface area contributed by atoms with Crippen molar-refractivity contribution in [1.29, 1.82) is 0 Å². The number of nitrogens with zero attached hydrogens (tertiary/aromatic N) is 2. The summed E-state index contributed by atoms with van der Waals surface area (Å²) in [7, 11) is 6.55. The zero-order chi connectivity index (χ0) is 9.14. The molecule has 1 rings (SSSR count). The first-order valence-electron chi connectivity index (χ1n) is 4.51. The van der Waals surface area contributed by atoms with Gasteiger partial charge in [0.2, 0.25) is 0 Å². The fourth-order valence-electron chi connectivity index (χ4n) is 1.83. The van der Waals surface area contributed by atoms with E-state index in [0.29, 0.717) is 0 Å². The Morgan fingerprint density at radius 1 is 1.50 bits per heavy atom. The van der Waals surface area contributed by atoms with Gasteiger partial charge in [-0.15, -0.1) is 0 Å². The molecule has 0 spiro atoms. The fourth-order valence-corrected chi connectivity index (χ4v) is 2.63. The Kier molecular flexibility index (Phi) is 3.87. The first-order chi connectivity index (χ1) is 5.63. The summed E-state index contributed by atoms with van der Waals surface area (Å²) in [5, 5.41) is 0.861. The highest BCUT2D eigenvalue weighted by Gasteiger charge is 2.28. The maximum atomic E-state index is 2.49. The highest BCUT2D eigenvalue weighted by molar-refractivity contribution is 7.99. The third-order valence-corrected chi connectivity index (χ3v) is 3.57. The maximum Gasteiger partial charge on any atom is 0.0231 e. The van der Waals surface area contributed by atoms with Crippen LogP contribution < -0.4 is 0 Å². The molecular formula is C9H20N2S. The Balaban J connectivity index is 2.35. The summed E-state index contributed by atoms with van der Waals surface area (Å²) in [5.74, 6) is 0. The molecule has 0 aromatic carbocycles. The van der Waals surface area contributed by atoms with Crippen LogP contribution >= 0.6 is 11.8 Å². The topological polar surface area (TPSA) is 6.48 Å². The molecule has 0 N–H and O–H groups in total. The van der Waals surface area contributed by atoms with Gasteiger partial charge in [-0.25, -0.2) is 0 Å². The summed E-state index contributed by atoms with van der Waals surface area (Å²) in [5.41, 5.74) is 0. The predicted molar refractivity (Wildman–Crippen MR) is 56.9 cm³/mol. The highest BCUT2D eigenvalue weighted by Crippen LogP contribution is 2.24. The second-order valence-corrected chi connectivity index (χ2v) is 5.09. The van der Waals surface area contributed by atoms with Crippen molar-refractivity contribution in [3.05, 3.63) is 0 Å². The Morgan fingerprint density at radius 3 is 2.58 bits per heavy atom. The first-order valence-corrected chi connectivity index (χ1v) is 5.80. The molecule has 1 fully saturated rings. The summed E-state index contributed by atoms with van der Waals surface area (Å²) in [6, 6.07) is 0.775. The summed E-state index contributed by atoms with van der Waals surface area (Å²) in [6.45, 7) is 2.47. The minimum Gasteiger partial charge on any atom is -0.308 e. The van der Waals surface area contributed by atoms with Crippen molar-refractivity contribution in [2.24, 2.45) is 0 Å². The molecule has 0 aliphatic carbocycles. The van der Waals surface area contributed by atoms with Gasteiger partial charge in [-0.2, -0.15) is 11.8 Å². The first kappa shape index (κ1) is 10.4. The van der Waals surface area contributed by atoms with E-state index < -0.39 is 0 Å². The van der Waals surface area contributed by atoms with Crippen LogP contribution in [0.1, 0.15) is 6.42 Å². The summed E-state index contributed by atoms with van der Waals surface area (Å²) >= 11 is 2.01. The molecule has 0 amide bonds. The summed E-state index contributed by atoms with van der Waals surface area (Å²) in [6.07, 6.45) is 3.58. The molecule has 1 heterocycles. The SMILES string of the molecule is CSC1CC(CN(C)C)N(C)C1. The summed E-state index contributed by atoms with van der Waals surface area (Å²) in [4.78, 5) is 4.77. The fraction of sp³-hybridized carbons (Fsp3) is 1.00. The van der Waals surface area contributed by atoms with E-state index in [1.165, 1.54) is 19.5 Å². The summed E-state index contributed by atoms with van der Waals surface area (Å²) < 4.78 is 0. The third-order valence-electron chi connectivity index (χ3n) is 2.56. The number of hydrogen-bond donors (Lipinski definition) is 0. The van der Waals surface area contributed by atoms with Crippen molar-refractivity contribution < 1.29 is 0 Å². The van der Waals surface area contributed by atoms with E-state index in [2.05, 4.69) is 37.2 Å². The Morgan fingerprint density at radius 2 is 2.17 bits per heavy atom. The highest BCUT2D eigenvalue weighted by atomic mass is 32.2. The molecular weight excluding hydrogens is 168 g/mol. The monoisotopic (exact) mass is 188 g/mol. The molecule has 1 aliphatic rings. The standard InChI is InChI=1S/C9H20N2S/c1-10(2)6-8-5-9(12-4)7-11(8)3/h8-9H,5-7H2,1-4H3. The zero-order valence-corrected chi connectivity index (χ0v) is 9.40. The van der Waals surface area contributed by atoms with Gasteiger partial charge in [0.15, 0.2) is 0 Å². The van der Waals surface area contributed by atoms with Crippen molar-refractivity contribution >= 4 is 11.8 Å². The van der Waals surface area contributed by atoms with Gasteiger partial charge in [0, 0.05) is 24.4 Å². The molecule has 0 aromatic rings. The predicted octanol–water partition coefficient (Wildman–Crippen LogP) is 0.984. The number of likely N-dealkylation sites (tertiary alicyclic amines) is 1. The van der Waals surface area contributed by atoms with E-state index in [4.69, 9.17) is 0 Å². The van der Waals surface area contributed by atoms with Crippen LogP contribution in [0.25, 0.3) is 0 Å². The van der Waals surface area contributed by atoms with Crippen LogP contribution in [0.5, 0.6) is 0 Å². The number of hydrogen-bond acceptors (Lipinski definition) is 3. The molecule has 2 nitrogen and oxygen atoms in total. The maximum absolute atomic E-state index is 2.49. The largest absolute Gasteiger partial charge is 0.308 e. The second-order valence-electron chi connectivity index (χ2n) is 3.95. The van der Waals surface area contributed by atoms with Gasteiger partial charge in [0.25, 0.3) is 0 Å². The lowest BCUT2D eigenvalue weighted by molar-refractivity contribution is 0.244. The number of likely N-dealkylation sites (N-methyl/N-ethyl adjacent to an activating group) is 2. The van der Waals surface area contributed by atoms with Crippen molar-refractivity contribution in [2.75, 3.05) is 40.5 Å². The van der Waals surface area contributed by atoms with Crippen molar-refractivity contribution in [3.63, 3.8) is 0 Å². The van der Waals surface area contributed by atoms with Gasteiger partial charge >= 0.3 is 0 Å². The Hall–Kier alpha value is 0.270. The van der Waals surface area contributed by atoms with Gasteiger partial charge in [-0.3, -0.25) is 0 Å². The molecule has 2 atom stereocenters. The molecule has 1 aliphatic heterocycles. The lowest BCUT2D eigenvalue weighted by Crippen LogP contribution is -2.34. The Bertz CT molecular complexity index is 138. The van der Waals surface area contributed by atoms with E-state index in [0.717, 1.165) is 11.3 Å². The van der Waals surface area contributed by atoms with Gasteiger partial charge in [-0.05, 0) is 33.8 Å². The van der Waals surface area contributed by atoms with Crippen LogP contribution in [0, 0.1) is 0 Å². The van der Waals surface area contributed by atoms with Crippen LogP contribution in [0.2, 0.25) is 0 Å². The van der Waals surface area contributed by atoms with Crippen molar-refractivity contribution in [3.8, 4) is 0 Å². The van der Waals surface area contributed by atoms with E-state index in [1.807, 2.05) is 11.8 Å².